The van der Waals surface area contributed by atoms with E-state index in [1.165, 1.54) is 36.4 Å². The average molecular weight is 511 g/mol. The first-order valence-electron chi connectivity index (χ1n) is 11.6. The summed E-state index contributed by atoms with van der Waals surface area (Å²) in [6, 6.07) is 18.1. The molecule has 0 atom stereocenters. The molecule has 4 aromatic rings. The van der Waals surface area contributed by atoms with Gasteiger partial charge in [0.1, 0.15) is 0 Å². The van der Waals surface area contributed by atoms with Crippen LogP contribution in [0.5, 0.6) is 23.0 Å². The van der Waals surface area contributed by atoms with Crippen molar-refractivity contribution in [2.24, 2.45) is 0 Å². The van der Waals surface area contributed by atoms with Gasteiger partial charge in [-0.25, -0.2) is 0 Å². The van der Waals surface area contributed by atoms with Crippen LogP contribution in [0.3, 0.4) is 0 Å². The van der Waals surface area contributed by atoms with Crippen molar-refractivity contribution in [3.05, 3.63) is 106 Å². The Morgan fingerprint density at radius 3 is 1.34 bits per heavy atom. The second-order valence-electron chi connectivity index (χ2n) is 8.86. The Kier molecular flexibility index (Phi) is 6.18. The van der Waals surface area contributed by atoms with Crippen molar-refractivity contribution in [1.82, 2.24) is 10.6 Å². The number of fused-ring (bicyclic) bond motifs is 3. The maximum absolute atomic E-state index is 13.2. The van der Waals surface area contributed by atoms with E-state index in [4.69, 9.17) is 0 Å². The molecule has 1 aliphatic carbocycles. The quantitative estimate of drug-likeness (QED) is 0.191. The van der Waals surface area contributed by atoms with Gasteiger partial charge in [-0.05, 0) is 70.8 Å². The highest BCUT2D eigenvalue weighted by molar-refractivity contribution is 6.23. The van der Waals surface area contributed by atoms with E-state index in [2.05, 4.69) is 10.6 Å². The van der Waals surface area contributed by atoms with Gasteiger partial charge in [0.05, 0.1) is 0 Å². The Bertz CT molecular complexity index is 1510. The highest BCUT2D eigenvalue weighted by atomic mass is 16.3. The summed E-state index contributed by atoms with van der Waals surface area (Å²) < 4.78 is 0. The van der Waals surface area contributed by atoms with Crippen LogP contribution in [0.1, 0.15) is 47.8 Å². The van der Waals surface area contributed by atoms with Crippen molar-refractivity contribution in [3.63, 3.8) is 0 Å². The Morgan fingerprint density at radius 2 is 0.947 bits per heavy atom. The lowest BCUT2D eigenvalue weighted by Gasteiger charge is -2.08. The molecule has 0 aliphatic heterocycles. The van der Waals surface area contributed by atoms with Crippen LogP contribution in [0.25, 0.3) is 11.1 Å². The molecule has 0 heterocycles. The fourth-order valence-electron chi connectivity index (χ4n) is 4.29. The molecule has 5 rings (SSSR count). The van der Waals surface area contributed by atoms with E-state index in [9.17, 15) is 34.8 Å². The number of phenolic OH excluding ortho intramolecular Hbond substituents is 4. The minimum Gasteiger partial charge on any atom is -0.504 e. The highest BCUT2D eigenvalue weighted by Gasteiger charge is 2.28. The fraction of sp³-hybridized carbons (Fsp3) is 0.0690. The smallest absolute Gasteiger partial charge is 0.251 e. The number of phenols is 4. The molecular formula is C29H22N2O7. The third kappa shape index (κ3) is 4.60. The molecule has 1 aliphatic rings. The molecule has 0 unspecified atom stereocenters. The summed E-state index contributed by atoms with van der Waals surface area (Å²) in [4.78, 5) is 38.6. The molecule has 0 radical (unpaired) electrons. The number of aromatic hydroxyl groups is 4. The third-order valence-corrected chi connectivity index (χ3v) is 6.33. The number of hydrogen-bond donors (Lipinski definition) is 6. The third-order valence-electron chi connectivity index (χ3n) is 6.33. The van der Waals surface area contributed by atoms with Crippen LogP contribution in [0.2, 0.25) is 0 Å². The summed E-state index contributed by atoms with van der Waals surface area (Å²) in [5.41, 5.74) is 3.77. The van der Waals surface area contributed by atoms with Crippen LogP contribution in [0, 0.1) is 0 Å². The van der Waals surface area contributed by atoms with Gasteiger partial charge < -0.3 is 31.1 Å². The topological polar surface area (TPSA) is 156 Å². The predicted molar refractivity (Wildman–Crippen MR) is 137 cm³/mol. The number of ketones is 1. The minimum absolute atomic E-state index is 0.111. The maximum Gasteiger partial charge on any atom is 0.251 e. The first kappa shape index (κ1) is 24.4. The van der Waals surface area contributed by atoms with E-state index in [0.717, 1.165) is 0 Å². The Balaban J connectivity index is 1.29. The molecule has 6 N–H and O–H groups in total. The SMILES string of the molecule is O=C(NCc1ccc(O)c(O)c1)c1ccc2c(c1)C(=O)c1cc(C(=O)NCc3ccc(O)c(O)c3)ccc1-2. The van der Waals surface area contributed by atoms with E-state index in [0.29, 0.717) is 33.4 Å². The van der Waals surface area contributed by atoms with Crippen molar-refractivity contribution < 1.29 is 34.8 Å². The number of carbonyl (C=O) groups excluding carboxylic acids is 3. The molecule has 0 saturated heterocycles. The number of amides is 2. The normalized spacial score (nSPS) is 11.5. The number of nitrogens with one attached hydrogen (secondary N) is 2. The highest BCUT2D eigenvalue weighted by Crippen LogP contribution is 2.37. The molecule has 0 fully saturated rings. The van der Waals surface area contributed by atoms with Gasteiger partial charge in [0.15, 0.2) is 28.8 Å². The Hall–Kier alpha value is -5.31. The molecule has 0 saturated carbocycles. The lowest BCUT2D eigenvalue weighted by molar-refractivity contribution is 0.0943. The van der Waals surface area contributed by atoms with Gasteiger partial charge in [-0.15, -0.1) is 0 Å². The van der Waals surface area contributed by atoms with Crippen LogP contribution in [-0.2, 0) is 13.1 Å². The zero-order valence-electron chi connectivity index (χ0n) is 19.9. The number of hydrogen-bond acceptors (Lipinski definition) is 7. The lowest BCUT2D eigenvalue weighted by atomic mass is 10.0. The molecule has 38 heavy (non-hydrogen) atoms. The molecule has 9 heteroatoms. The Morgan fingerprint density at radius 1 is 0.526 bits per heavy atom. The monoisotopic (exact) mass is 510 g/mol. The summed E-state index contributed by atoms with van der Waals surface area (Å²) in [7, 11) is 0. The van der Waals surface area contributed by atoms with Gasteiger partial charge in [0.2, 0.25) is 0 Å². The van der Waals surface area contributed by atoms with Gasteiger partial charge in [-0.1, -0.05) is 24.3 Å². The van der Waals surface area contributed by atoms with E-state index >= 15 is 0 Å². The summed E-state index contributed by atoms with van der Waals surface area (Å²) in [6.45, 7) is 0.223. The molecular weight excluding hydrogens is 488 g/mol. The summed E-state index contributed by atoms with van der Waals surface area (Å²) in [5.74, 6) is -2.21. The van der Waals surface area contributed by atoms with E-state index in [-0.39, 0.29) is 53.0 Å². The summed E-state index contributed by atoms with van der Waals surface area (Å²) in [5, 5.41) is 43.5. The van der Waals surface area contributed by atoms with Crippen LogP contribution >= 0.6 is 0 Å². The molecule has 0 aromatic heterocycles. The number of benzene rings is 4. The first-order valence-corrected chi connectivity index (χ1v) is 11.6. The van der Waals surface area contributed by atoms with E-state index in [1.807, 2.05) is 0 Å². The van der Waals surface area contributed by atoms with Gasteiger partial charge in [-0.3, -0.25) is 14.4 Å². The second kappa shape index (κ2) is 9.62. The second-order valence-corrected chi connectivity index (χ2v) is 8.86. The van der Waals surface area contributed by atoms with Crippen molar-refractivity contribution in [2.75, 3.05) is 0 Å². The first-order chi connectivity index (χ1) is 18.2. The van der Waals surface area contributed by atoms with Gasteiger partial charge >= 0.3 is 0 Å². The molecule has 2 amide bonds. The standard InChI is InChI=1S/C29H22N2O7/c32-23-7-1-15(9-25(23)34)13-30-28(37)17-3-5-19-20-6-4-18(12-22(20)27(36)21(19)11-17)29(38)31-14-16-2-8-24(33)26(35)10-16/h1-12,32-35H,13-14H2,(H,30,37)(H,31,38). The molecule has 190 valence electrons. The largest absolute Gasteiger partial charge is 0.504 e. The van der Waals surface area contributed by atoms with Crippen molar-refractivity contribution in [3.8, 4) is 34.1 Å². The van der Waals surface area contributed by atoms with Crippen molar-refractivity contribution in [1.29, 1.82) is 0 Å². The fourth-order valence-corrected chi connectivity index (χ4v) is 4.29. The summed E-state index contributed by atoms with van der Waals surface area (Å²) >= 11 is 0. The van der Waals surface area contributed by atoms with Crippen LogP contribution in [-0.4, -0.2) is 38.0 Å². The van der Waals surface area contributed by atoms with Crippen molar-refractivity contribution >= 4 is 17.6 Å². The zero-order valence-corrected chi connectivity index (χ0v) is 19.9. The number of rotatable bonds is 6. The zero-order chi connectivity index (χ0) is 27.0. The number of carbonyl (C=O) groups is 3. The van der Waals surface area contributed by atoms with Gasteiger partial charge in [-0.2, -0.15) is 0 Å². The van der Waals surface area contributed by atoms with Gasteiger partial charge in [0, 0.05) is 35.3 Å². The van der Waals surface area contributed by atoms with Crippen LogP contribution in [0.15, 0.2) is 72.8 Å². The molecule has 4 aromatic carbocycles. The predicted octanol–water partition coefficient (Wildman–Crippen LogP) is 3.58. The minimum atomic E-state index is -0.413. The van der Waals surface area contributed by atoms with Crippen LogP contribution < -0.4 is 10.6 Å². The molecule has 9 nitrogen and oxygen atoms in total. The summed E-state index contributed by atoms with van der Waals surface area (Å²) in [6.07, 6.45) is 0. The Labute approximate surface area is 216 Å². The maximum atomic E-state index is 13.2. The average Bonchev–Trinajstić information content (AvgIpc) is 3.20. The van der Waals surface area contributed by atoms with Crippen LogP contribution in [0.4, 0.5) is 0 Å². The van der Waals surface area contributed by atoms with Crippen molar-refractivity contribution in [2.45, 2.75) is 13.1 Å². The molecule has 0 spiro atoms. The van der Waals surface area contributed by atoms with Gasteiger partial charge in [0.25, 0.3) is 11.8 Å². The van der Waals surface area contributed by atoms with E-state index < -0.39 is 11.8 Å². The van der Waals surface area contributed by atoms with E-state index in [1.54, 1.807) is 36.4 Å². The molecule has 0 bridgehead atoms. The lowest BCUT2D eigenvalue weighted by Crippen LogP contribution is -2.23.